The Balaban J connectivity index is 1.80. The molecule has 0 bridgehead atoms. The minimum absolute atomic E-state index is 0.236. The van der Waals surface area contributed by atoms with Crippen molar-refractivity contribution in [1.82, 2.24) is 4.98 Å². The molecule has 1 atom stereocenters. The number of hydrogen-bond donors (Lipinski definition) is 0. The maximum Gasteiger partial charge on any atom is 0.333 e. The van der Waals surface area contributed by atoms with Crippen molar-refractivity contribution in [2.45, 2.75) is 24.3 Å². The first-order valence-corrected chi connectivity index (χ1v) is 7.59. The minimum Gasteiger partial charge on any atom is -0.467 e. The zero-order valence-corrected chi connectivity index (χ0v) is 12.5. The molecule has 0 radical (unpaired) electrons. The van der Waals surface area contributed by atoms with Crippen molar-refractivity contribution in [1.29, 1.82) is 0 Å². The molecule has 1 spiro atoms. The van der Waals surface area contributed by atoms with Crippen LogP contribution in [0.3, 0.4) is 0 Å². The fourth-order valence-corrected chi connectivity index (χ4v) is 3.57. The van der Waals surface area contributed by atoms with Crippen molar-refractivity contribution in [3.8, 4) is 0 Å². The summed E-state index contributed by atoms with van der Waals surface area (Å²) < 4.78 is 5.07. The van der Waals surface area contributed by atoms with Gasteiger partial charge in [-0.05, 0) is 30.5 Å². The molecule has 0 amide bonds. The Morgan fingerprint density at radius 2 is 2.09 bits per heavy atom. The van der Waals surface area contributed by atoms with Crippen molar-refractivity contribution in [2.24, 2.45) is 0 Å². The van der Waals surface area contributed by atoms with E-state index >= 15 is 0 Å². The van der Waals surface area contributed by atoms with Crippen LogP contribution in [0.15, 0.2) is 48.8 Å². The molecule has 1 aliphatic carbocycles. The molecule has 1 fully saturated rings. The number of nitrogens with zero attached hydrogens (tertiary/aromatic N) is 2. The predicted octanol–water partition coefficient (Wildman–Crippen LogP) is 2.85. The third kappa shape index (κ3) is 1.90. The molecule has 0 saturated heterocycles. The van der Waals surface area contributed by atoms with E-state index in [4.69, 9.17) is 4.74 Å². The van der Waals surface area contributed by atoms with Crippen molar-refractivity contribution < 1.29 is 9.53 Å². The number of anilines is 1. The summed E-state index contributed by atoms with van der Waals surface area (Å²) >= 11 is 0. The quantitative estimate of drug-likeness (QED) is 0.816. The van der Waals surface area contributed by atoms with E-state index in [-0.39, 0.29) is 11.4 Å². The van der Waals surface area contributed by atoms with Crippen LogP contribution in [0, 0.1) is 0 Å². The van der Waals surface area contributed by atoms with Crippen LogP contribution in [0.4, 0.5) is 5.69 Å². The van der Waals surface area contributed by atoms with Gasteiger partial charge in [-0.2, -0.15) is 0 Å². The summed E-state index contributed by atoms with van der Waals surface area (Å²) in [7, 11) is 1.45. The van der Waals surface area contributed by atoms with E-state index in [0.29, 0.717) is 0 Å². The summed E-state index contributed by atoms with van der Waals surface area (Å²) in [5.74, 6) is -0.236. The van der Waals surface area contributed by atoms with Crippen molar-refractivity contribution in [3.05, 3.63) is 59.9 Å². The van der Waals surface area contributed by atoms with Crippen LogP contribution in [0.25, 0.3) is 0 Å². The van der Waals surface area contributed by atoms with Gasteiger partial charge in [0.15, 0.2) is 6.04 Å². The number of para-hydroxylation sites is 1. The van der Waals surface area contributed by atoms with Crippen molar-refractivity contribution in [3.63, 3.8) is 0 Å². The second kappa shape index (κ2) is 4.83. The van der Waals surface area contributed by atoms with Gasteiger partial charge in [0.25, 0.3) is 0 Å². The van der Waals surface area contributed by atoms with E-state index in [1.807, 2.05) is 18.2 Å². The van der Waals surface area contributed by atoms with Gasteiger partial charge in [-0.3, -0.25) is 4.98 Å². The smallest absolute Gasteiger partial charge is 0.333 e. The number of methoxy groups -OCH3 is 1. The van der Waals surface area contributed by atoms with Crippen LogP contribution in [0.2, 0.25) is 0 Å². The van der Waals surface area contributed by atoms with Gasteiger partial charge in [-0.1, -0.05) is 24.3 Å². The second-order valence-electron chi connectivity index (χ2n) is 6.14. The minimum atomic E-state index is -0.431. The Bertz CT molecular complexity index is 710. The highest BCUT2D eigenvalue weighted by Gasteiger charge is 2.53. The highest BCUT2D eigenvalue weighted by atomic mass is 16.5. The Hall–Kier alpha value is -2.36. The average Bonchev–Trinajstić information content (AvgIpc) is 3.28. The molecule has 0 unspecified atom stereocenters. The summed E-state index contributed by atoms with van der Waals surface area (Å²) in [5, 5.41) is 0. The van der Waals surface area contributed by atoms with E-state index in [2.05, 4.69) is 28.1 Å². The van der Waals surface area contributed by atoms with Crippen molar-refractivity contribution >= 4 is 11.7 Å². The van der Waals surface area contributed by atoms with E-state index < -0.39 is 6.04 Å². The lowest BCUT2D eigenvalue weighted by molar-refractivity contribution is -0.142. The van der Waals surface area contributed by atoms with Crippen LogP contribution in [-0.2, 0) is 14.9 Å². The SMILES string of the molecule is COC(=O)[C@@H](c1cccnc1)N1CC2(CC2)c2ccccc21. The third-order valence-corrected chi connectivity index (χ3v) is 4.85. The van der Waals surface area contributed by atoms with E-state index in [0.717, 1.165) is 17.8 Å². The number of hydrogen-bond acceptors (Lipinski definition) is 4. The number of carbonyl (C=O) groups excluding carboxylic acids is 1. The highest BCUT2D eigenvalue weighted by molar-refractivity contribution is 5.84. The Labute approximate surface area is 129 Å². The average molecular weight is 294 g/mol. The number of benzene rings is 1. The summed E-state index contributed by atoms with van der Waals surface area (Å²) in [6, 6.07) is 11.8. The van der Waals surface area contributed by atoms with Gasteiger partial charge in [-0.15, -0.1) is 0 Å². The molecular formula is C18H18N2O2. The third-order valence-electron chi connectivity index (χ3n) is 4.85. The van der Waals surface area contributed by atoms with Gasteiger partial charge >= 0.3 is 5.97 Å². The molecule has 112 valence electrons. The Morgan fingerprint density at radius 3 is 2.77 bits per heavy atom. The normalized spacial score (nSPS) is 18.9. The fourth-order valence-electron chi connectivity index (χ4n) is 3.57. The number of rotatable bonds is 3. The van der Waals surface area contributed by atoms with Crippen LogP contribution < -0.4 is 4.90 Å². The van der Waals surface area contributed by atoms with Gasteiger partial charge in [0.2, 0.25) is 0 Å². The van der Waals surface area contributed by atoms with Gasteiger partial charge < -0.3 is 9.64 Å². The second-order valence-corrected chi connectivity index (χ2v) is 6.14. The number of esters is 1. The standard InChI is InChI=1S/C18H18N2O2/c1-22-17(21)16(13-5-4-10-19-11-13)20-12-18(8-9-18)14-6-2-3-7-15(14)20/h2-7,10-11,16H,8-9,12H2,1H3/t16-/m1/s1. The van der Waals surface area contributed by atoms with E-state index in [1.54, 1.807) is 12.4 Å². The number of carbonyl (C=O) groups is 1. The molecule has 0 N–H and O–H groups in total. The predicted molar refractivity (Wildman–Crippen MR) is 83.7 cm³/mol. The maximum absolute atomic E-state index is 12.4. The molecule has 2 aliphatic rings. The molecule has 2 heterocycles. The monoisotopic (exact) mass is 294 g/mol. The first-order chi connectivity index (χ1) is 10.7. The summed E-state index contributed by atoms with van der Waals surface area (Å²) in [6.07, 6.45) is 5.86. The zero-order chi connectivity index (χ0) is 15.2. The molecule has 1 aromatic heterocycles. The van der Waals surface area contributed by atoms with Gasteiger partial charge in [0.1, 0.15) is 0 Å². The van der Waals surface area contributed by atoms with Crippen LogP contribution in [0.5, 0.6) is 0 Å². The molecule has 1 aliphatic heterocycles. The van der Waals surface area contributed by atoms with Gasteiger partial charge in [-0.25, -0.2) is 4.79 Å². The molecule has 4 heteroatoms. The number of ether oxygens (including phenoxy) is 1. The Morgan fingerprint density at radius 1 is 1.27 bits per heavy atom. The molecule has 1 aromatic carbocycles. The summed E-state index contributed by atoms with van der Waals surface area (Å²) in [5.41, 5.74) is 3.64. The number of aromatic nitrogens is 1. The molecule has 4 nitrogen and oxygen atoms in total. The largest absolute Gasteiger partial charge is 0.467 e. The first-order valence-electron chi connectivity index (χ1n) is 7.59. The molecular weight excluding hydrogens is 276 g/mol. The van der Waals surface area contributed by atoms with Crippen molar-refractivity contribution in [2.75, 3.05) is 18.6 Å². The lowest BCUT2D eigenvalue weighted by Gasteiger charge is -2.28. The number of pyridine rings is 1. The fraction of sp³-hybridized carbons (Fsp3) is 0.333. The number of fused-ring (bicyclic) bond motifs is 2. The lowest BCUT2D eigenvalue weighted by Crippen LogP contribution is -2.35. The van der Waals surface area contributed by atoms with E-state index in [9.17, 15) is 4.79 Å². The topological polar surface area (TPSA) is 42.4 Å². The Kier molecular flexibility index (Phi) is 2.93. The molecule has 4 rings (SSSR count). The molecule has 1 saturated carbocycles. The highest BCUT2D eigenvalue weighted by Crippen LogP contribution is 2.57. The van der Waals surface area contributed by atoms with Gasteiger partial charge in [0.05, 0.1) is 7.11 Å². The zero-order valence-electron chi connectivity index (χ0n) is 12.5. The van der Waals surface area contributed by atoms with Crippen LogP contribution in [-0.4, -0.2) is 24.6 Å². The first kappa shape index (κ1) is 13.3. The molecule has 22 heavy (non-hydrogen) atoms. The van der Waals surface area contributed by atoms with Crippen LogP contribution in [0.1, 0.15) is 30.0 Å². The lowest BCUT2D eigenvalue weighted by atomic mass is 9.99. The maximum atomic E-state index is 12.4. The van der Waals surface area contributed by atoms with Gasteiger partial charge in [0, 0.05) is 35.6 Å². The summed E-state index contributed by atoms with van der Waals surface area (Å²) in [4.78, 5) is 18.8. The molecule has 2 aromatic rings. The summed E-state index contributed by atoms with van der Waals surface area (Å²) in [6.45, 7) is 0.876. The van der Waals surface area contributed by atoms with E-state index in [1.165, 1.54) is 25.5 Å². The van der Waals surface area contributed by atoms with Crippen LogP contribution >= 0.6 is 0 Å².